The van der Waals surface area contributed by atoms with Crippen LogP contribution in [-0.4, -0.2) is 9.85 Å². The van der Waals surface area contributed by atoms with Gasteiger partial charge in [0.25, 0.3) is 0 Å². The second kappa shape index (κ2) is 6.14. The van der Waals surface area contributed by atoms with Crippen LogP contribution in [-0.2, 0) is 6.18 Å². The normalized spacial score (nSPS) is 11.2. The molecule has 0 aliphatic heterocycles. The van der Waals surface area contributed by atoms with Gasteiger partial charge in [0.1, 0.15) is 5.69 Å². The molecule has 7 nitrogen and oxygen atoms in total. The third-order valence-electron chi connectivity index (χ3n) is 3.25. The number of anilines is 2. The molecule has 0 bridgehead atoms. The maximum atomic E-state index is 13.2. The van der Waals surface area contributed by atoms with Crippen LogP contribution in [0.15, 0.2) is 36.4 Å². The summed E-state index contributed by atoms with van der Waals surface area (Å²) in [5, 5.41) is 24.5. The fraction of sp³-hybridized carbons (Fsp3) is 0.143. The highest BCUT2D eigenvalue weighted by Gasteiger charge is 2.41. The minimum Gasteiger partial charge on any atom is -0.349 e. The van der Waals surface area contributed by atoms with E-state index in [9.17, 15) is 33.4 Å². The first-order valence-electron chi connectivity index (χ1n) is 6.48. The van der Waals surface area contributed by atoms with Gasteiger partial charge in [0, 0.05) is 11.8 Å². The van der Waals surface area contributed by atoms with Gasteiger partial charge in [-0.05, 0) is 24.6 Å². The number of hydrogen-bond acceptors (Lipinski definition) is 5. The molecule has 0 heterocycles. The molecule has 0 amide bonds. The van der Waals surface area contributed by atoms with E-state index in [1.165, 1.54) is 12.1 Å². The van der Waals surface area contributed by atoms with Crippen LogP contribution in [0.4, 0.5) is 35.9 Å². The summed E-state index contributed by atoms with van der Waals surface area (Å²) < 4.78 is 39.6. The van der Waals surface area contributed by atoms with Gasteiger partial charge in [0.2, 0.25) is 0 Å². The minimum atomic E-state index is -4.93. The van der Waals surface area contributed by atoms with E-state index in [2.05, 4.69) is 5.32 Å². The van der Waals surface area contributed by atoms with Crippen LogP contribution < -0.4 is 5.32 Å². The lowest BCUT2D eigenvalue weighted by Gasteiger charge is -2.15. The zero-order chi connectivity index (χ0) is 18.1. The number of hydrogen-bond donors (Lipinski definition) is 1. The zero-order valence-electron chi connectivity index (χ0n) is 12.1. The number of halogens is 3. The van der Waals surface area contributed by atoms with Gasteiger partial charge >= 0.3 is 17.6 Å². The lowest BCUT2D eigenvalue weighted by molar-refractivity contribution is -0.422. The van der Waals surface area contributed by atoms with Crippen molar-refractivity contribution >= 4 is 22.7 Å². The van der Waals surface area contributed by atoms with E-state index in [1.807, 2.05) is 0 Å². The molecule has 0 atom stereocenters. The molecule has 0 fully saturated rings. The van der Waals surface area contributed by atoms with Crippen molar-refractivity contribution < 1.29 is 23.0 Å². The van der Waals surface area contributed by atoms with E-state index in [0.717, 1.165) is 0 Å². The molecule has 0 aromatic heterocycles. The van der Waals surface area contributed by atoms with E-state index in [4.69, 9.17) is 0 Å². The molecule has 2 rings (SSSR count). The number of alkyl halides is 3. The molecule has 24 heavy (non-hydrogen) atoms. The number of para-hydroxylation sites is 1. The van der Waals surface area contributed by atoms with Crippen LogP contribution in [0.5, 0.6) is 0 Å². The van der Waals surface area contributed by atoms with Gasteiger partial charge in [-0.1, -0.05) is 18.2 Å². The van der Waals surface area contributed by atoms with Gasteiger partial charge in [-0.15, -0.1) is 0 Å². The van der Waals surface area contributed by atoms with E-state index < -0.39 is 38.6 Å². The molecule has 0 saturated carbocycles. The van der Waals surface area contributed by atoms with Crippen molar-refractivity contribution in [3.8, 4) is 0 Å². The molecular weight excluding hydrogens is 331 g/mol. The predicted molar refractivity (Wildman–Crippen MR) is 79.2 cm³/mol. The smallest absolute Gasteiger partial charge is 0.349 e. The minimum absolute atomic E-state index is 0.173. The van der Waals surface area contributed by atoms with Gasteiger partial charge in [0.05, 0.1) is 15.4 Å². The SMILES string of the molecule is Cc1ccccc1Nc1c(C(F)(F)F)ccc([N+](=O)[O-])c1[N+](=O)[O-]. The third-order valence-corrected chi connectivity index (χ3v) is 3.25. The molecule has 0 aliphatic carbocycles. The lowest BCUT2D eigenvalue weighted by atomic mass is 10.1. The second-order valence-electron chi connectivity index (χ2n) is 4.81. The second-order valence-corrected chi connectivity index (χ2v) is 4.81. The number of nitro groups is 2. The first kappa shape index (κ1) is 17.2. The maximum Gasteiger partial charge on any atom is 0.418 e. The molecule has 1 N–H and O–H groups in total. The van der Waals surface area contributed by atoms with E-state index >= 15 is 0 Å². The highest BCUT2D eigenvalue weighted by atomic mass is 19.4. The number of aryl methyl sites for hydroxylation is 1. The highest BCUT2D eigenvalue weighted by Crippen LogP contribution is 2.45. The summed E-state index contributed by atoms with van der Waals surface area (Å²) in [7, 11) is 0. The van der Waals surface area contributed by atoms with Crippen LogP contribution in [0.25, 0.3) is 0 Å². The summed E-state index contributed by atoms with van der Waals surface area (Å²) in [6, 6.07) is 7.07. The largest absolute Gasteiger partial charge is 0.418 e. The fourth-order valence-electron chi connectivity index (χ4n) is 2.12. The molecule has 0 radical (unpaired) electrons. The van der Waals surface area contributed by atoms with Crippen LogP contribution in [0.1, 0.15) is 11.1 Å². The Balaban J connectivity index is 2.78. The standard InChI is InChI=1S/C14H10F3N3O4/c1-8-4-2-3-5-10(8)18-12-9(14(15,16)17)6-7-11(19(21)22)13(12)20(23)24/h2-7,18H,1H3. The van der Waals surface area contributed by atoms with Crippen molar-refractivity contribution in [2.75, 3.05) is 5.32 Å². The Morgan fingerprint density at radius 3 is 2.12 bits per heavy atom. The summed E-state index contributed by atoms with van der Waals surface area (Å²) in [6.07, 6.45) is -4.93. The van der Waals surface area contributed by atoms with Gasteiger partial charge in [-0.3, -0.25) is 20.2 Å². The molecule has 0 saturated heterocycles. The van der Waals surface area contributed by atoms with Crippen molar-refractivity contribution in [3.05, 3.63) is 67.8 Å². The molecule has 2 aromatic carbocycles. The molecule has 0 aliphatic rings. The summed E-state index contributed by atoms with van der Waals surface area (Å²) in [5.74, 6) is 0. The van der Waals surface area contributed by atoms with Crippen LogP contribution in [0.3, 0.4) is 0 Å². The Morgan fingerprint density at radius 2 is 1.62 bits per heavy atom. The number of benzene rings is 2. The summed E-state index contributed by atoms with van der Waals surface area (Å²) >= 11 is 0. The molecule has 0 unspecified atom stereocenters. The fourth-order valence-corrected chi connectivity index (χ4v) is 2.12. The number of nitro benzene ring substituents is 2. The Morgan fingerprint density at radius 1 is 1.00 bits per heavy atom. The van der Waals surface area contributed by atoms with Crippen molar-refractivity contribution in [3.63, 3.8) is 0 Å². The van der Waals surface area contributed by atoms with E-state index in [0.29, 0.717) is 17.7 Å². The van der Waals surface area contributed by atoms with E-state index in [1.54, 1.807) is 19.1 Å². The van der Waals surface area contributed by atoms with E-state index in [-0.39, 0.29) is 5.69 Å². The van der Waals surface area contributed by atoms with Gasteiger partial charge < -0.3 is 5.32 Å². The summed E-state index contributed by atoms with van der Waals surface area (Å²) in [5.41, 5.74) is -3.89. The predicted octanol–water partition coefficient (Wildman–Crippen LogP) is 4.57. The van der Waals surface area contributed by atoms with Gasteiger partial charge in [0.15, 0.2) is 0 Å². The molecule has 10 heteroatoms. The number of rotatable bonds is 4. The third kappa shape index (κ3) is 3.26. The highest BCUT2D eigenvalue weighted by molar-refractivity contribution is 5.80. The summed E-state index contributed by atoms with van der Waals surface area (Å²) in [4.78, 5) is 19.8. The number of nitrogens with one attached hydrogen (secondary N) is 1. The number of nitrogens with zero attached hydrogens (tertiary/aromatic N) is 2. The van der Waals surface area contributed by atoms with Crippen LogP contribution >= 0.6 is 0 Å². The average Bonchev–Trinajstić information content (AvgIpc) is 2.47. The molecule has 126 valence electrons. The van der Waals surface area contributed by atoms with Crippen LogP contribution in [0.2, 0.25) is 0 Å². The molecule has 2 aromatic rings. The monoisotopic (exact) mass is 341 g/mol. The average molecular weight is 341 g/mol. The van der Waals surface area contributed by atoms with Gasteiger partial charge in [-0.25, -0.2) is 0 Å². The summed E-state index contributed by atoms with van der Waals surface area (Å²) in [6.45, 7) is 1.58. The molecular formula is C14H10F3N3O4. The Kier molecular flexibility index (Phi) is 4.40. The Labute approximate surface area is 133 Å². The quantitative estimate of drug-likeness (QED) is 0.648. The molecule has 0 spiro atoms. The lowest BCUT2D eigenvalue weighted by Crippen LogP contribution is -2.12. The zero-order valence-corrected chi connectivity index (χ0v) is 12.1. The van der Waals surface area contributed by atoms with Crippen molar-refractivity contribution in [2.24, 2.45) is 0 Å². The topological polar surface area (TPSA) is 98.3 Å². The van der Waals surface area contributed by atoms with Gasteiger partial charge in [-0.2, -0.15) is 13.2 Å². The van der Waals surface area contributed by atoms with Crippen molar-refractivity contribution in [1.82, 2.24) is 0 Å². The van der Waals surface area contributed by atoms with Crippen LogP contribution in [0, 0.1) is 27.2 Å². The first-order chi connectivity index (χ1) is 11.1. The first-order valence-corrected chi connectivity index (χ1v) is 6.48. The Bertz CT molecular complexity index is 821. The maximum absolute atomic E-state index is 13.2. The van der Waals surface area contributed by atoms with Crippen molar-refractivity contribution in [1.29, 1.82) is 0 Å². The van der Waals surface area contributed by atoms with Crippen molar-refractivity contribution in [2.45, 2.75) is 13.1 Å². The Hall–Kier alpha value is -3.17.